The van der Waals surface area contributed by atoms with Gasteiger partial charge in [-0.05, 0) is 68.8 Å². The van der Waals surface area contributed by atoms with Crippen LogP contribution in [0.15, 0.2) is 53.4 Å². The summed E-state index contributed by atoms with van der Waals surface area (Å²) >= 11 is 1.43. The molecule has 33 heavy (non-hydrogen) atoms. The van der Waals surface area contributed by atoms with Crippen LogP contribution in [0, 0.1) is 6.92 Å². The van der Waals surface area contributed by atoms with E-state index in [2.05, 4.69) is 10.3 Å². The predicted molar refractivity (Wildman–Crippen MR) is 130 cm³/mol. The van der Waals surface area contributed by atoms with Gasteiger partial charge in [0.25, 0.3) is 15.9 Å². The number of nitrogens with zero attached hydrogens (tertiary/aromatic N) is 2. The van der Waals surface area contributed by atoms with E-state index in [0.29, 0.717) is 28.9 Å². The molecule has 0 bridgehead atoms. The second kappa shape index (κ2) is 10.7. The van der Waals surface area contributed by atoms with Crippen molar-refractivity contribution in [2.75, 3.05) is 29.9 Å². The summed E-state index contributed by atoms with van der Waals surface area (Å²) in [6.45, 7) is 6.17. The average Bonchev–Trinajstić information content (AvgIpc) is 3.17. The van der Waals surface area contributed by atoms with Gasteiger partial charge < -0.3 is 9.47 Å². The number of nitrogens with one attached hydrogen (secondary N) is 1. The van der Waals surface area contributed by atoms with Gasteiger partial charge in [-0.1, -0.05) is 6.92 Å². The van der Waals surface area contributed by atoms with E-state index >= 15 is 0 Å². The molecule has 0 atom stereocenters. The predicted octanol–water partition coefficient (Wildman–Crippen LogP) is 4.26. The molecular weight excluding hydrogens is 462 g/mol. The van der Waals surface area contributed by atoms with Gasteiger partial charge in [0, 0.05) is 11.9 Å². The Hall–Kier alpha value is -3.11. The van der Waals surface area contributed by atoms with Crippen LogP contribution < -0.4 is 19.1 Å². The van der Waals surface area contributed by atoms with Crippen molar-refractivity contribution in [3.05, 3.63) is 59.1 Å². The van der Waals surface area contributed by atoms with E-state index in [1.165, 1.54) is 34.8 Å². The average molecular weight is 490 g/mol. The van der Waals surface area contributed by atoms with Crippen molar-refractivity contribution in [3.63, 3.8) is 0 Å². The summed E-state index contributed by atoms with van der Waals surface area (Å²) < 4.78 is 37.9. The minimum atomic E-state index is -3.73. The highest BCUT2D eigenvalue weighted by Crippen LogP contribution is 2.26. The third-order valence-corrected chi connectivity index (χ3v) is 7.57. The molecule has 10 heteroatoms. The fourth-order valence-electron chi connectivity index (χ4n) is 3.04. The number of anilines is 2. The van der Waals surface area contributed by atoms with Gasteiger partial charge in [-0.15, -0.1) is 11.3 Å². The Kier molecular flexibility index (Phi) is 7.93. The molecule has 0 fully saturated rings. The fraction of sp³-hybridized carbons (Fsp3) is 0.304. The number of benzene rings is 2. The SMILES string of the molecule is CCOc1ccc(S(=O)(=O)N(C)c2ccc(OCC(=O)Nc3nc(CC)c(C)s3)cc2)cc1. The fourth-order valence-corrected chi connectivity index (χ4v) is 5.15. The lowest BCUT2D eigenvalue weighted by Crippen LogP contribution is -2.26. The molecule has 0 unspecified atom stereocenters. The summed E-state index contributed by atoms with van der Waals surface area (Å²) in [5, 5.41) is 3.28. The van der Waals surface area contributed by atoms with Crippen LogP contribution in [0.4, 0.5) is 10.8 Å². The lowest BCUT2D eigenvalue weighted by molar-refractivity contribution is -0.118. The molecular formula is C23H27N3O5S2. The van der Waals surface area contributed by atoms with Gasteiger partial charge in [-0.25, -0.2) is 13.4 Å². The van der Waals surface area contributed by atoms with E-state index in [-0.39, 0.29) is 17.4 Å². The first-order chi connectivity index (χ1) is 15.7. The first-order valence-electron chi connectivity index (χ1n) is 10.5. The minimum absolute atomic E-state index is 0.161. The molecule has 0 aliphatic rings. The molecule has 8 nitrogen and oxygen atoms in total. The molecule has 176 valence electrons. The van der Waals surface area contributed by atoms with E-state index < -0.39 is 10.0 Å². The molecule has 2 aromatic carbocycles. The Morgan fingerprint density at radius 2 is 1.64 bits per heavy atom. The lowest BCUT2D eigenvalue weighted by atomic mass is 10.3. The van der Waals surface area contributed by atoms with Crippen molar-refractivity contribution in [2.24, 2.45) is 0 Å². The molecule has 3 rings (SSSR count). The Balaban J connectivity index is 1.59. The maximum Gasteiger partial charge on any atom is 0.264 e. The van der Waals surface area contributed by atoms with Crippen LogP contribution in [0.5, 0.6) is 11.5 Å². The quantitative estimate of drug-likeness (QED) is 0.457. The van der Waals surface area contributed by atoms with Gasteiger partial charge >= 0.3 is 0 Å². The summed E-state index contributed by atoms with van der Waals surface area (Å²) in [6.07, 6.45) is 0.809. The van der Waals surface area contributed by atoms with Gasteiger partial charge in [-0.3, -0.25) is 14.4 Å². The van der Waals surface area contributed by atoms with E-state index in [9.17, 15) is 13.2 Å². The van der Waals surface area contributed by atoms with Crippen LogP contribution in [-0.4, -0.2) is 39.6 Å². The number of carbonyl (C=O) groups excluding carboxylic acids is 1. The second-order valence-electron chi connectivity index (χ2n) is 7.08. The number of hydrogen-bond donors (Lipinski definition) is 1. The maximum absolute atomic E-state index is 12.9. The molecule has 0 saturated heterocycles. The standard InChI is InChI=1S/C23H27N3O5S2/c1-5-21-16(3)32-23(24-21)25-22(27)15-31-19-9-7-17(8-10-19)26(4)33(28,29)20-13-11-18(12-14-20)30-6-2/h7-14H,5-6,15H2,1-4H3,(H,24,25,27). The molecule has 3 aromatic rings. The Morgan fingerprint density at radius 1 is 1.03 bits per heavy atom. The minimum Gasteiger partial charge on any atom is -0.494 e. The van der Waals surface area contributed by atoms with Crippen LogP contribution >= 0.6 is 11.3 Å². The Labute approximate surface area is 198 Å². The van der Waals surface area contributed by atoms with Crippen molar-refractivity contribution in [1.29, 1.82) is 0 Å². The van der Waals surface area contributed by atoms with Crippen molar-refractivity contribution in [3.8, 4) is 11.5 Å². The first kappa shape index (κ1) is 24.5. The summed E-state index contributed by atoms with van der Waals surface area (Å²) in [4.78, 5) is 17.8. The topological polar surface area (TPSA) is 97.8 Å². The first-order valence-corrected chi connectivity index (χ1v) is 12.7. The highest BCUT2D eigenvalue weighted by atomic mass is 32.2. The lowest BCUT2D eigenvalue weighted by Gasteiger charge is -2.20. The normalized spacial score (nSPS) is 11.2. The van der Waals surface area contributed by atoms with E-state index in [4.69, 9.17) is 9.47 Å². The molecule has 1 N–H and O–H groups in total. The van der Waals surface area contributed by atoms with Crippen LogP contribution in [0.1, 0.15) is 24.4 Å². The highest BCUT2D eigenvalue weighted by molar-refractivity contribution is 7.92. The van der Waals surface area contributed by atoms with E-state index in [1.54, 1.807) is 36.4 Å². The van der Waals surface area contributed by atoms with E-state index in [1.807, 2.05) is 20.8 Å². The van der Waals surface area contributed by atoms with Crippen LogP contribution in [0.3, 0.4) is 0 Å². The number of rotatable bonds is 10. The Morgan fingerprint density at radius 3 is 2.21 bits per heavy atom. The van der Waals surface area contributed by atoms with Crippen LogP contribution in [-0.2, 0) is 21.2 Å². The van der Waals surface area contributed by atoms with Crippen molar-refractivity contribution in [2.45, 2.75) is 32.1 Å². The molecule has 1 amide bonds. The zero-order valence-electron chi connectivity index (χ0n) is 19.0. The van der Waals surface area contributed by atoms with Crippen molar-refractivity contribution < 1.29 is 22.7 Å². The zero-order chi connectivity index (χ0) is 24.0. The number of hydrogen-bond acceptors (Lipinski definition) is 7. The molecule has 0 radical (unpaired) electrons. The summed E-state index contributed by atoms with van der Waals surface area (Å²) in [5.41, 5.74) is 1.43. The maximum atomic E-state index is 12.9. The highest BCUT2D eigenvalue weighted by Gasteiger charge is 2.21. The van der Waals surface area contributed by atoms with Crippen LogP contribution in [0.25, 0.3) is 0 Å². The Bertz CT molecular complexity index is 1190. The van der Waals surface area contributed by atoms with Gasteiger partial charge in [0.05, 0.1) is 22.9 Å². The zero-order valence-corrected chi connectivity index (χ0v) is 20.6. The molecule has 0 aliphatic heterocycles. The third-order valence-electron chi connectivity index (χ3n) is 4.84. The number of aromatic nitrogens is 1. The molecule has 1 heterocycles. The monoisotopic (exact) mass is 489 g/mol. The summed E-state index contributed by atoms with van der Waals surface area (Å²) in [5.74, 6) is 0.747. The van der Waals surface area contributed by atoms with Gasteiger partial charge in [0.1, 0.15) is 11.5 Å². The molecule has 0 aliphatic carbocycles. The number of ether oxygens (including phenoxy) is 2. The van der Waals surface area contributed by atoms with Gasteiger partial charge in [0.15, 0.2) is 11.7 Å². The number of aryl methyl sites for hydroxylation is 2. The van der Waals surface area contributed by atoms with Gasteiger partial charge in [-0.2, -0.15) is 0 Å². The number of amides is 1. The third kappa shape index (κ3) is 6.02. The largest absolute Gasteiger partial charge is 0.494 e. The summed E-state index contributed by atoms with van der Waals surface area (Å²) in [7, 11) is -2.25. The summed E-state index contributed by atoms with van der Waals surface area (Å²) in [6, 6.07) is 12.8. The van der Waals surface area contributed by atoms with Gasteiger partial charge in [0.2, 0.25) is 0 Å². The van der Waals surface area contributed by atoms with Crippen molar-refractivity contribution >= 4 is 38.1 Å². The molecule has 0 spiro atoms. The number of sulfonamides is 1. The smallest absolute Gasteiger partial charge is 0.264 e. The van der Waals surface area contributed by atoms with E-state index in [0.717, 1.165) is 17.0 Å². The molecule has 0 saturated carbocycles. The molecule has 1 aromatic heterocycles. The number of carbonyl (C=O) groups is 1. The van der Waals surface area contributed by atoms with Crippen LogP contribution in [0.2, 0.25) is 0 Å². The van der Waals surface area contributed by atoms with Crippen molar-refractivity contribution in [1.82, 2.24) is 4.98 Å². The second-order valence-corrected chi connectivity index (χ2v) is 10.3. The number of thiazole rings is 1.